The molecule has 2 aromatic rings. The van der Waals surface area contributed by atoms with Crippen molar-refractivity contribution < 1.29 is 17.9 Å². The molecule has 134 valence electrons. The molecule has 0 aromatic heterocycles. The van der Waals surface area contributed by atoms with Crippen molar-refractivity contribution in [2.24, 2.45) is 0 Å². The number of carbonyl (C=O) groups is 1. The second-order valence-corrected chi connectivity index (χ2v) is 7.78. The molecule has 6 nitrogen and oxygen atoms in total. The Morgan fingerprint density at radius 1 is 1.12 bits per heavy atom. The van der Waals surface area contributed by atoms with Crippen molar-refractivity contribution in [3.05, 3.63) is 53.6 Å². The molecule has 0 radical (unpaired) electrons. The molecular weight excluding hydrogens is 340 g/mol. The number of aryl methyl sites for hydroxylation is 1. The van der Waals surface area contributed by atoms with Crippen molar-refractivity contribution in [1.82, 2.24) is 4.31 Å². The van der Waals surface area contributed by atoms with Gasteiger partial charge < -0.3 is 10.1 Å². The van der Waals surface area contributed by atoms with E-state index in [1.54, 1.807) is 0 Å². The Kier molecular flexibility index (Phi) is 5.81. The molecule has 0 heterocycles. The fraction of sp³-hybridized carbons (Fsp3) is 0.278. The molecule has 0 spiro atoms. The van der Waals surface area contributed by atoms with Gasteiger partial charge >= 0.3 is 0 Å². The molecule has 0 saturated carbocycles. The minimum Gasteiger partial charge on any atom is -0.495 e. The lowest BCUT2D eigenvalue weighted by atomic mass is 10.1. The third kappa shape index (κ3) is 4.18. The van der Waals surface area contributed by atoms with Crippen LogP contribution < -0.4 is 10.1 Å². The van der Waals surface area contributed by atoms with E-state index >= 15 is 0 Å². The second kappa shape index (κ2) is 7.67. The number of carbonyl (C=O) groups excluding carboxylic acids is 1. The molecule has 2 aromatic carbocycles. The highest BCUT2D eigenvalue weighted by atomic mass is 32.2. The zero-order valence-corrected chi connectivity index (χ0v) is 15.6. The van der Waals surface area contributed by atoms with Crippen LogP contribution in [0.3, 0.4) is 0 Å². The maximum atomic E-state index is 12.5. The number of methoxy groups -OCH3 is 1. The van der Waals surface area contributed by atoms with Crippen LogP contribution in [0, 0.1) is 0 Å². The summed E-state index contributed by atoms with van der Waals surface area (Å²) < 4.78 is 31.1. The molecule has 0 bridgehead atoms. The summed E-state index contributed by atoms with van der Waals surface area (Å²) in [6.45, 7) is 2.05. The Morgan fingerprint density at radius 2 is 1.76 bits per heavy atom. The van der Waals surface area contributed by atoms with Crippen LogP contribution in [0.25, 0.3) is 0 Å². The van der Waals surface area contributed by atoms with Gasteiger partial charge in [-0.3, -0.25) is 4.79 Å². The van der Waals surface area contributed by atoms with Gasteiger partial charge in [0.1, 0.15) is 10.6 Å². The standard InChI is InChI=1S/C18H22N2O4S/c1-5-13-6-9-15(10-7-13)19-18(21)14-8-11-16(24-4)17(12-14)25(22,23)20(2)3/h6-12H,5H2,1-4H3,(H,19,21). The van der Waals surface area contributed by atoms with E-state index in [0.29, 0.717) is 5.69 Å². The molecule has 0 saturated heterocycles. The molecule has 25 heavy (non-hydrogen) atoms. The summed E-state index contributed by atoms with van der Waals surface area (Å²) in [5, 5.41) is 2.77. The molecule has 7 heteroatoms. The Labute approximate surface area is 148 Å². The van der Waals surface area contributed by atoms with Gasteiger partial charge in [0.05, 0.1) is 7.11 Å². The highest BCUT2D eigenvalue weighted by Crippen LogP contribution is 2.27. The lowest BCUT2D eigenvalue weighted by Gasteiger charge is -2.15. The number of hydrogen-bond donors (Lipinski definition) is 1. The van der Waals surface area contributed by atoms with Gasteiger partial charge in [0.25, 0.3) is 5.91 Å². The van der Waals surface area contributed by atoms with Crippen LogP contribution in [-0.2, 0) is 16.4 Å². The molecular formula is C18H22N2O4S. The summed E-state index contributed by atoms with van der Waals surface area (Å²) in [7, 11) is 0.514. The van der Waals surface area contributed by atoms with Crippen molar-refractivity contribution in [1.29, 1.82) is 0 Å². The van der Waals surface area contributed by atoms with Gasteiger partial charge in [-0.05, 0) is 42.3 Å². The lowest BCUT2D eigenvalue weighted by molar-refractivity contribution is 0.102. The van der Waals surface area contributed by atoms with Crippen LogP contribution in [0.4, 0.5) is 5.69 Å². The Balaban J connectivity index is 2.34. The van der Waals surface area contributed by atoms with E-state index in [4.69, 9.17) is 4.74 Å². The van der Waals surface area contributed by atoms with Crippen LogP contribution in [0.5, 0.6) is 5.75 Å². The lowest BCUT2D eigenvalue weighted by Crippen LogP contribution is -2.23. The third-order valence-electron chi connectivity index (χ3n) is 3.80. The normalized spacial score (nSPS) is 11.4. The number of rotatable bonds is 6. The van der Waals surface area contributed by atoms with E-state index < -0.39 is 10.0 Å². The van der Waals surface area contributed by atoms with Crippen LogP contribution in [0.2, 0.25) is 0 Å². The maximum Gasteiger partial charge on any atom is 0.255 e. The fourth-order valence-electron chi connectivity index (χ4n) is 2.24. The zero-order chi connectivity index (χ0) is 18.6. The van der Waals surface area contributed by atoms with Crippen molar-refractivity contribution in [3.8, 4) is 5.75 Å². The monoisotopic (exact) mass is 362 g/mol. The van der Waals surface area contributed by atoms with Gasteiger partial charge in [0.15, 0.2) is 0 Å². The number of ether oxygens (including phenoxy) is 1. The largest absolute Gasteiger partial charge is 0.495 e. The molecule has 0 aliphatic carbocycles. The average molecular weight is 362 g/mol. The number of nitrogens with one attached hydrogen (secondary N) is 1. The summed E-state index contributed by atoms with van der Waals surface area (Å²) in [4.78, 5) is 12.4. The summed E-state index contributed by atoms with van der Waals surface area (Å²) in [6, 6.07) is 11.8. The van der Waals surface area contributed by atoms with Crippen molar-refractivity contribution in [2.75, 3.05) is 26.5 Å². The Morgan fingerprint density at radius 3 is 2.28 bits per heavy atom. The van der Waals surface area contributed by atoms with Gasteiger partial charge in [0, 0.05) is 25.3 Å². The van der Waals surface area contributed by atoms with Crippen LogP contribution >= 0.6 is 0 Å². The molecule has 2 rings (SSSR count). The number of amides is 1. The summed E-state index contributed by atoms with van der Waals surface area (Å²) >= 11 is 0. The smallest absolute Gasteiger partial charge is 0.255 e. The van der Waals surface area contributed by atoms with Crippen LogP contribution in [0.1, 0.15) is 22.8 Å². The minimum absolute atomic E-state index is 0.0472. The Hall–Kier alpha value is -2.38. The van der Waals surface area contributed by atoms with Gasteiger partial charge in [-0.25, -0.2) is 12.7 Å². The Bertz CT molecular complexity index is 859. The number of benzene rings is 2. The minimum atomic E-state index is -3.73. The molecule has 0 atom stereocenters. The van der Waals surface area contributed by atoms with Crippen molar-refractivity contribution in [3.63, 3.8) is 0 Å². The molecule has 0 aliphatic rings. The van der Waals surface area contributed by atoms with E-state index in [2.05, 4.69) is 12.2 Å². The summed E-state index contributed by atoms with van der Waals surface area (Å²) in [5.74, 6) is -0.195. The summed E-state index contributed by atoms with van der Waals surface area (Å²) in [6.07, 6.45) is 0.915. The number of anilines is 1. The van der Waals surface area contributed by atoms with E-state index in [0.717, 1.165) is 10.7 Å². The number of sulfonamides is 1. The summed E-state index contributed by atoms with van der Waals surface area (Å²) in [5.41, 5.74) is 2.05. The quantitative estimate of drug-likeness (QED) is 0.857. The van der Waals surface area contributed by atoms with Crippen molar-refractivity contribution in [2.45, 2.75) is 18.2 Å². The number of hydrogen-bond acceptors (Lipinski definition) is 4. The van der Waals surface area contributed by atoms with Crippen LogP contribution in [-0.4, -0.2) is 39.8 Å². The molecule has 1 N–H and O–H groups in total. The predicted octanol–water partition coefficient (Wildman–Crippen LogP) is 2.76. The first-order valence-electron chi connectivity index (χ1n) is 7.80. The molecule has 0 aliphatic heterocycles. The first-order chi connectivity index (χ1) is 11.8. The van der Waals surface area contributed by atoms with E-state index in [1.165, 1.54) is 45.0 Å². The topological polar surface area (TPSA) is 75.7 Å². The van der Waals surface area contributed by atoms with E-state index in [9.17, 15) is 13.2 Å². The van der Waals surface area contributed by atoms with E-state index in [1.807, 2.05) is 24.3 Å². The van der Waals surface area contributed by atoms with Crippen LogP contribution in [0.15, 0.2) is 47.4 Å². The van der Waals surface area contributed by atoms with Crippen molar-refractivity contribution >= 4 is 21.6 Å². The first kappa shape index (κ1) is 19.0. The fourth-order valence-corrected chi connectivity index (χ4v) is 3.32. The zero-order valence-electron chi connectivity index (χ0n) is 14.7. The third-order valence-corrected chi connectivity index (χ3v) is 5.64. The predicted molar refractivity (Wildman–Crippen MR) is 97.6 cm³/mol. The second-order valence-electron chi connectivity index (χ2n) is 5.66. The number of nitrogens with zero attached hydrogens (tertiary/aromatic N) is 1. The highest BCUT2D eigenvalue weighted by molar-refractivity contribution is 7.89. The molecule has 0 unspecified atom stereocenters. The van der Waals surface area contributed by atoms with Gasteiger partial charge in [-0.1, -0.05) is 19.1 Å². The van der Waals surface area contributed by atoms with Gasteiger partial charge in [0.2, 0.25) is 10.0 Å². The highest BCUT2D eigenvalue weighted by Gasteiger charge is 2.23. The molecule has 1 amide bonds. The first-order valence-corrected chi connectivity index (χ1v) is 9.24. The van der Waals surface area contributed by atoms with Gasteiger partial charge in [-0.2, -0.15) is 0 Å². The average Bonchev–Trinajstić information content (AvgIpc) is 2.61. The SMILES string of the molecule is CCc1ccc(NC(=O)c2ccc(OC)c(S(=O)(=O)N(C)C)c2)cc1. The maximum absolute atomic E-state index is 12.5. The molecule has 0 fully saturated rings. The van der Waals surface area contributed by atoms with E-state index in [-0.39, 0.29) is 22.1 Å². The van der Waals surface area contributed by atoms with Gasteiger partial charge in [-0.15, -0.1) is 0 Å².